The van der Waals surface area contributed by atoms with Gasteiger partial charge in [0.05, 0.1) is 0 Å². The zero-order valence-corrected chi connectivity index (χ0v) is 8.22. The van der Waals surface area contributed by atoms with Gasteiger partial charge in [-0.15, -0.1) is 0 Å². The van der Waals surface area contributed by atoms with Crippen LogP contribution in [0.25, 0.3) is 0 Å². The van der Waals surface area contributed by atoms with E-state index in [0.717, 1.165) is 5.69 Å². The summed E-state index contributed by atoms with van der Waals surface area (Å²) in [4.78, 5) is 11.5. The van der Waals surface area contributed by atoms with Crippen molar-refractivity contribution in [2.75, 3.05) is 5.32 Å². The number of amides is 1. The first-order valence-electron chi connectivity index (χ1n) is 4.28. The largest absolute Gasteiger partial charge is 0.326 e. The quantitative estimate of drug-likeness (QED) is 0.699. The number of carbonyl (C=O) groups excluding carboxylic acids is 1. The van der Waals surface area contributed by atoms with Crippen molar-refractivity contribution in [1.82, 2.24) is 0 Å². The lowest BCUT2D eigenvalue weighted by molar-refractivity contribution is -0.123. The zero-order chi connectivity index (χ0) is 9.90. The molecule has 0 spiro atoms. The van der Waals surface area contributed by atoms with E-state index in [1.165, 1.54) is 0 Å². The van der Waals surface area contributed by atoms with Crippen LogP contribution in [0, 0.1) is 11.5 Å². The Kier molecular flexibility index (Phi) is 2.71. The highest BCUT2D eigenvalue weighted by Gasteiger charge is 2.20. The molecule has 69 valence electrons. The van der Waals surface area contributed by atoms with E-state index in [9.17, 15) is 4.79 Å². The van der Waals surface area contributed by atoms with Crippen molar-refractivity contribution in [1.29, 1.82) is 0 Å². The summed E-state index contributed by atoms with van der Waals surface area (Å²) in [6.45, 7) is 5.65. The molecular weight excluding hydrogens is 162 g/mol. The molecule has 0 aliphatic rings. The summed E-state index contributed by atoms with van der Waals surface area (Å²) in [6, 6.07) is 10.1. The highest BCUT2D eigenvalue weighted by molar-refractivity contribution is 5.94. The summed E-state index contributed by atoms with van der Waals surface area (Å²) in [6.07, 6.45) is 0. The minimum Gasteiger partial charge on any atom is -0.326 e. The van der Waals surface area contributed by atoms with E-state index in [-0.39, 0.29) is 11.3 Å². The molecule has 1 rings (SSSR count). The van der Waals surface area contributed by atoms with Crippen molar-refractivity contribution < 1.29 is 4.79 Å². The molecule has 0 bridgehead atoms. The Hall–Kier alpha value is -1.31. The highest BCUT2D eigenvalue weighted by Crippen LogP contribution is 2.16. The van der Waals surface area contributed by atoms with E-state index >= 15 is 0 Å². The minimum atomic E-state index is -0.351. The topological polar surface area (TPSA) is 29.1 Å². The number of nitrogens with one attached hydrogen (secondary N) is 1. The molecule has 1 aromatic rings. The van der Waals surface area contributed by atoms with Crippen molar-refractivity contribution in [2.24, 2.45) is 5.41 Å². The molecule has 13 heavy (non-hydrogen) atoms. The Balaban J connectivity index is 2.66. The Bertz CT molecular complexity index is 285. The Morgan fingerprint density at radius 3 is 2.62 bits per heavy atom. The summed E-state index contributed by atoms with van der Waals surface area (Å²) < 4.78 is 0. The summed E-state index contributed by atoms with van der Waals surface area (Å²) in [5, 5.41) is 2.81. The number of hydrogen-bond acceptors (Lipinski definition) is 1. The van der Waals surface area contributed by atoms with Gasteiger partial charge in [-0.3, -0.25) is 4.79 Å². The average molecular weight is 176 g/mol. The molecule has 2 heteroatoms. The molecule has 0 aliphatic heterocycles. The van der Waals surface area contributed by atoms with E-state index in [0.29, 0.717) is 0 Å². The lowest BCUT2D eigenvalue weighted by Crippen LogP contribution is -2.27. The van der Waals surface area contributed by atoms with Crippen molar-refractivity contribution in [3.63, 3.8) is 0 Å². The van der Waals surface area contributed by atoms with Crippen LogP contribution in [0.3, 0.4) is 0 Å². The third-order valence-corrected chi connectivity index (χ3v) is 1.65. The second kappa shape index (κ2) is 3.60. The van der Waals surface area contributed by atoms with E-state index < -0.39 is 0 Å². The number of benzene rings is 1. The van der Waals surface area contributed by atoms with Crippen LogP contribution in [-0.4, -0.2) is 5.91 Å². The molecule has 0 fully saturated rings. The second-order valence-electron chi connectivity index (χ2n) is 4.00. The first kappa shape index (κ1) is 9.78. The summed E-state index contributed by atoms with van der Waals surface area (Å²) in [7, 11) is 0. The van der Waals surface area contributed by atoms with Crippen molar-refractivity contribution in [2.45, 2.75) is 20.8 Å². The van der Waals surface area contributed by atoms with Gasteiger partial charge in [0.1, 0.15) is 0 Å². The fraction of sp³-hybridized carbons (Fsp3) is 0.364. The SMILES string of the molecule is CC(C)(C)C(=O)Nc1c[c]ccc1. The Morgan fingerprint density at radius 2 is 2.15 bits per heavy atom. The molecule has 0 atom stereocenters. The van der Waals surface area contributed by atoms with Gasteiger partial charge in [0.15, 0.2) is 0 Å². The lowest BCUT2D eigenvalue weighted by atomic mass is 9.95. The molecular formula is C11H14NO. The molecule has 2 nitrogen and oxygen atoms in total. The molecule has 0 saturated carbocycles. The maximum Gasteiger partial charge on any atom is 0.229 e. The van der Waals surface area contributed by atoms with Gasteiger partial charge in [0.25, 0.3) is 0 Å². The Morgan fingerprint density at radius 1 is 1.46 bits per heavy atom. The monoisotopic (exact) mass is 176 g/mol. The molecule has 1 N–H and O–H groups in total. The maximum absolute atomic E-state index is 11.5. The van der Waals surface area contributed by atoms with E-state index in [1.807, 2.05) is 32.9 Å². The van der Waals surface area contributed by atoms with Crippen molar-refractivity contribution >= 4 is 11.6 Å². The molecule has 1 radical (unpaired) electrons. The van der Waals surface area contributed by atoms with E-state index in [2.05, 4.69) is 11.4 Å². The van der Waals surface area contributed by atoms with Crippen LogP contribution in [0.1, 0.15) is 20.8 Å². The van der Waals surface area contributed by atoms with Crippen LogP contribution in [0.2, 0.25) is 0 Å². The lowest BCUT2D eigenvalue weighted by Gasteiger charge is -2.17. The average Bonchev–Trinajstić information content (AvgIpc) is 2.04. The molecule has 0 unspecified atom stereocenters. The van der Waals surface area contributed by atoms with Gasteiger partial charge >= 0.3 is 0 Å². The molecule has 0 aliphatic carbocycles. The third kappa shape index (κ3) is 2.90. The van der Waals surface area contributed by atoms with Gasteiger partial charge in [0, 0.05) is 11.1 Å². The van der Waals surface area contributed by atoms with Crippen molar-refractivity contribution in [3.8, 4) is 0 Å². The van der Waals surface area contributed by atoms with E-state index in [1.54, 1.807) is 12.1 Å². The third-order valence-electron chi connectivity index (χ3n) is 1.65. The number of anilines is 1. The van der Waals surface area contributed by atoms with Gasteiger partial charge in [-0.1, -0.05) is 32.9 Å². The Labute approximate surface area is 79.0 Å². The standard InChI is InChI=1S/C11H14NO/c1-11(2,3)10(13)12-9-7-5-4-6-8-9/h4-5,7-8H,1-3H3,(H,12,13). The van der Waals surface area contributed by atoms with E-state index in [4.69, 9.17) is 0 Å². The molecule has 0 saturated heterocycles. The zero-order valence-electron chi connectivity index (χ0n) is 8.22. The second-order valence-corrected chi connectivity index (χ2v) is 4.00. The van der Waals surface area contributed by atoms with Gasteiger partial charge in [-0.25, -0.2) is 0 Å². The fourth-order valence-corrected chi connectivity index (χ4v) is 0.790. The predicted octanol–water partition coefficient (Wildman–Crippen LogP) is 2.47. The first-order valence-corrected chi connectivity index (χ1v) is 4.28. The first-order chi connectivity index (χ1) is 6.00. The van der Waals surface area contributed by atoms with Crippen LogP contribution in [-0.2, 0) is 4.79 Å². The van der Waals surface area contributed by atoms with Crippen LogP contribution in [0.5, 0.6) is 0 Å². The predicted molar refractivity (Wildman–Crippen MR) is 53.4 cm³/mol. The van der Waals surface area contributed by atoms with Crippen LogP contribution >= 0.6 is 0 Å². The molecule has 0 heterocycles. The van der Waals surface area contributed by atoms with Crippen LogP contribution in [0.15, 0.2) is 24.3 Å². The molecule has 1 aromatic carbocycles. The summed E-state index contributed by atoms with van der Waals surface area (Å²) >= 11 is 0. The van der Waals surface area contributed by atoms with Crippen molar-refractivity contribution in [3.05, 3.63) is 30.3 Å². The van der Waals surface area contributed by atoms with Gasteiger partial charge in [0.2, 0.25) is 5.91 Å². The summed E-state index contributed by atoms with van der Waals surface area (Å²) in [5.41, 5.74) is 0.443. The number of hydrogen-bond donors (Lipinski definition) is 1. The maximum atomic E-state index is 11.5. The number of carbonyl (C=O) groups is 1. The van der Waals surface area contributed by atoms with Gasteiger partial charge < -0.3 is 5.32 Å². The molecule has 0 aromatic heterocycles. The minimum absolute atomic E-state index is 0.0205. The summed E-state index contributed by atoms with van der Waals surface area (Å²) in [5.74, 6) is 0.0205. The molecule has 1 amide bonds. The number of rotatable bonds is 1. The van der Waals surface area contributed by atoms with Gasteiger partial charge in [-0.05, 0) is 18.2 Å². The van der Waals surface area contributed by atoms with Gasteiger partial charge in [-0.2, -0.15) is 0 Å². The fourth-order valence-electron chi connectivity index (χ4n) is 0.790. The van der Waals surface area contributed by atoms with Crippen LogP contribution < -0.4 is 5.32 Å². The smallest absolute Gasteiger partial charge is 0.229 e. The van der Waals surface area contributed by atoms with Crippen LogP contribution in [0.4, 0.5) is 5.69 Å². The highest BCUT2D eigenvalue weighted by atomic mass is 16.2. The normalized spacial score (nSPS) is 11.0.